The summed E-state index contributed by atoms with van der Waals surface area (Å²) in [6.07, 6.45) is 9.00. The zero-order valence-corrected chi connectivity index (χ0v) is 17.0. The van der Waals surface area contributed by atoms with Crippen molar-refractivity contribution in [3.63, 3.8) is 0 Å². The minimum absolute atomic E-state index is 0.136. The van der Waals surface area contributed by atoms with Crippen molar-refractivity contribution in [3.8, 4) is 0 Å². The zero-order chi connectivity index (χ0) is 19.0. The van der Waals surface area contributed by atoms with E-state index < -0.39 is 0 Å². The maximum atomic E-state index is 12.2. The average Bonchev–Trinajstić information content (AvgIpc) is 3.19. The van der Waals surface area contributed by atoms with E-state index in [0.29, 0.717) is 23.7 Å². The number of fused-ring (bicyclic) bond motifs is 5. The Morgan fingerprint density at radius 2 is 1.89 bits per heavy atom. The van der Waals surface area contributed by atoms with Crippen molar-refractivity contribution in [1.82, 2.24) is 0 Å². The third-order valence-corrected chi connectivity index (χ3v) is 9.37. The molecule has 4 fully saturated rings. The van der Waals surface area contributed by atoms with Crippen LogP contribution in [0.25, 0.3) is 0 Å². The largest absolute Gasteiger partial charge is 0.393 e. The van der Waals surface area contributed by atoms with Gasteiger partial charge in [-0.05, 0) is 73.7 Å². The molecule has 5 aliphatic rings. The number of ether oxygens (including phenoxy) is 2. The fourth-order valence-electron chi connectivity index (χ4n) is 8.20. The predicted octanol–water partition coefficient (Wildman–Crippen LogP) is 3.87. The van der Waals surface area contributed by atoms with Gasteiger partial charge in [0.05, 0.1) is 19.3 Å². The molecule has 5 rings (SSSR count). The van der Waals surface area contributed by atoms with E-state index in [2.05, 4.69) is 19.9 Å². The molecule has 7 atom stereocenters. The summed E-state index contributed by atoms with van der Waals surface area (Å²) in [6.45, 7) is 7.80. The Balaban J connectivity index is 1.44. The van der Waals surface area contributed by atoms with Gasteiger partial charge in [0.2, 0.25) is 0 Å². The lowest BCUT2D eigenvalue weighted by molar-refractivity contribution is -0.240. The molecule has 1 saturated heterocycles. The van der Waals surface area contributed by atoms with Crippen molar-refractivity contribution in [3.05, 3.63) is 11.6 Å². The van der Waals surface area contributed by atoms with Gasteiger partial charge in [0, 0.05) is 18.3 Å². The van der Waals surface area contributed by atoms with E-state index in [-0.39, 0.29) is 28.5 Å². The summed E-state index contributed by atoms with van der Waals surface area (Å²) < 4.78 is 12.1. The van der Waals surface area contributed by atoms with Gasteiger partial charge in [0.1, 0.15) is 0 Å². The second-order valence-electron chi connectivity index (χ2n) is 10.5. The van der Waals surface area contributed by atoms with Crippen LogP contribution in [0, 0.1) is 34.5 Å². The van der Waals surface area contributed by atoms with Crippen LogP contribution >= 0.6 is 0 Å². The lowest BCUT2D eigenvalue weighted by atomic mass is 9.43. The normalized spacial score (nSPS) is 50.7. The molecule has 150 valence electrons. The zero-order valence-electron chi connectivity index (χ0n) is 17.0. The molecule has 4 aliphatic carbocycles. The van der Waals surface area contributed by atoms with Gasteiger partial charge in [-0.1, -0.05) is 19.9 Å². The molecule has 1 N–H and O–H groups in total. The number of allylic oxidation sites excluding steroid dienone is 2. The minimum atomic E-state index is -0.345. The molecule has 0 radical (unpaired) electrons. The molecule has 0 aromatic rings. The molecule has 1 unspecified atom stereocenters. The summed E-state index contributed by atoms with van der Waals surface area (Å²) >= 11 is 0. The fraction of sp³-hybridized carbons (Fsp3) is 0.870. The number of rotatable bonds is 1. The molecular formula is C23H34O4. The lowest BCUT2D eigenvalue weighted by Crippen LogP contribution is -2.60. The molecule has 4 nitrogen and oxygen atoms in total. The van der Waals surface area contributed by atoms with Crippen molar-refractivity contribution < 1.29 is 19.4 Å². The SMILES string of the molecule is CC(=O)C1=CC[C@H]2[C@@H]3CCC4CC5(CC[C@]4(C)[C@H]3[C@@H](O)C[C@]12C)OCCO5. The smallest absolute Gasteiger partial charge is 0.168 e. The van der Waals surface area contributed by atoms with E-state index in [1.54, 1.807) is 6.92 Å². The van der Waals surface area contributed by atoms with E-state index in [4.69, 9.17) is 9.47 Å². The van der Waals surface area contributed by atoms with Crippen molar-refractivity contribution in [2.24, 2.45) is 34.5 Å². The van der Waals surface area contributed by atoms with Crippen molar-refractivity contribution in [1.29, 1.82) is 0 Å². The summed E-state index contributed by atoms with van der Waals surface area (Å²) in [5.74, 6) is 1.78. The maximum absolute atomic E-state index is 12.2. The summed E-state index contributed by atoms with van der Waals surface area (Å²) in [6, 6.07) is 0. The van der Waals surface area contributed by atoms with Crippen LogP contribution in [0.3, 0.4) is 0 Å². The van der Waals surface area contributed by atoms with Crippen LogP contribution in [0.1, 0.15) is 65.7 Å². The van der Waals surface area contributed by atoms with Crippen molar-refractivity contribution in [2.45, 2.75) is 77.6 Å². The van der Waals surface area contributed by atoms with Gasteiger partial charge in [0.15, 0.2) is 11.6 Å². The maximum Gasteiger partial charge on any atom is 0.168 e. The highest BCUT2D eigenvalue weighted by atomic mass is 16.7. The Hall–Kier alpha value is -0.710. The van der Waals surface area contributed by atoms with Crippen LogP contribution < -0.4 is 0 Å². The molecule has 0 bridgehead atoms. The number of aliphatic hydroxyl groups excluding tert-OH is 1. The van der Waals surface area contributed by atoms with E-state index in [9.17, 15) is 9.90 Å². The second-order valence-corrected chi connectivity index (χ2v) is 10.5. The van der Waals surface area contributed by atoms with Crippen LogP contribution in [0.4, 0.5) is 0 Å². The highest BCUT2D eigenvalue weighted by molar-refractivity contribution is 5.95. The lowest BCUT2D eigenvalue weighted by Gasteiger charge is -2.63. The van der Waals surface area contributed by atoms with Gasteiger partial charge >= 0.3 is 0 Å². The minimum Gasteiger partial charge on any atom is -0.393 e. The molecule has 27 heavy (non-hydrogen) atoms. The summed E-state index contributed by atoms with van der Waals surface area (Å²) in [4.78, 5) is 12.2. The Labute approximate surface area is 162 Å². The predicted molar refractivity (Wildman–Crippen MR) is 102 cm³/mol. The molecule has 3 saturated carbocycles. The summed E-state index contributed by atoms with van der Waals surface area (Å²) in [5, 5.41) is 11.4. The third-order valence-electron chi connectivity index (χ3n) is 9.37. The van der Waals surface area contributed by atoms with E-state index in [1.807, 2.05) is 0 Å². The summed E-state index contributed by atoms with van der Waals surface area (Å²) in [7, 11) is 0. The van der Waals surface area contributed by atoms with Gasteiger partial charge in [0.25, 0.3) is 0 Å². The monoisotopic (exact) mass is 374 g/mol. The van der Waals surface area contributed by atoms with Gasteiger partial charge < -0.3 is 14.6 Å². The van der Waals surface area contributed by atoms with Crippen LogP contribution in [0.5, 0.6) is 0 Å². The molecular weight excluding hydrogens is 340 g/mol. The molecule has 1 heterocycles. The van der Waals surface area contributed by atoms with Gasteiger partial charge in [-0.2, -0.15) is 0 Å². The number of hydrogen-bond acceptors (Lipinski definition) is 4. The number of ketones is 1. The highest BCUT2D eigenvalue weighted by Gasteiger charge is 2.63. The first-order chi connectivity index (χ1) is 12.8. The molecule has 0 amide bonds. The van der Waals surface area contributed by atoms with Crippen molar-refractivity contribution in [2.75, 3.05) is 13.2 Å². The Kier molecular flexibility index (Phi) is 4.00. The number of Topliss-reactive ketones (excluding diaryl/α,β-unsaturated/α-hetero) is 1. The van der Waals surface area contributed by atoms with Crippen molar-refractivity contribution >= 4 is 5.78 Å². The standard InChI is InChI=1S/C23H34O4/c1-14(24)17-6-7-18-16-5-4-15-12-23(26-10-11-27-23)9-8-21(15,2)20(16)19(25)13-22(17,18)3/h6,15-16,18-20,25H,4-5,7-13H2,1-3H3/t15?,16-,18-,19-,20+,21-,22+/m0/s1. The molecule has 0 aromatic heterocycles. The van der Waals surface area contributed by atoms with Crippen LogP contribution in [-0.4, -0.2) is 36.0 Å². The average molecular weight is 375 g/mol. The molecule has 4 heteroatoms. The third kappa shape index (κ3) is 2.42. The van der Waals surface area contributed by atoms with Gasteiger partial charge in [-0.3, -0.25) is 4.79 Å². The fourth-order valence-corrected chi connectivity index (χ4v) is 8.20. The Bertz CT molecular complexity index is 678. The van der Waals surface area contributed by atoms with Crippen LogP contribution in [0.15, 0.2) is 11.6 Å². The quantitative estimate of drug-likeness (QED) is 0.757. The number of carbonyl (C=O) groups excluding carboxylic acids is 1. The first-order valence-corrected chi connectivity index (χ1v) is 11.0. The summed E-state index contributed by atoms with van der Waals surface area (Å²) in [5.41, 5.74) is 1.000. The van der Waals surface area contributed by atoms with Crippen LogP contribution in [0.2, 0.25) is 0 Å². The first kappa shape index (κ1) is 18.3. The topological polar surface area (TPSA) is 55.8 Å². The second kappa shape index (κ2) is 5.90. The molecule has 0 aromatic carbocycles. The van der Waals surface area contributed by atoms with E-state index in [1.165, 1.54) is 6.42 Å². The van der Waals surface area contributed by atoms with Gasteiger partial charge in [-0.25, -0.2) is 0 Å². The van der Waals surface area contributed by atoms with Crippen LogP contribution in [-0.2, 0) is 14.3 Å². The Morgan fingerprint density at radius 1 is 1.15 bits per heavy atom. The molecule has 1 spiro atoms. The highest BCUT2D eigenvalue weighted by Crippen LogP contribution is 2.67. The van der Waals surface area contributed by atoms with E-state index in [0.717, 1.165) is 57.3 Å². The number of hydrogen-bond donors (Lipinski definition) is 1. The van der Waals surface area contributed by atoms with E-state index >= 15 is 0 Å². The molecule has 1 aliphatic heterocycles. The Morgan fingerprint density at radius 3 is 2.59 bits per heavy atom. The van der Waals surface area contributed by atoms with Gasteiger partial charge in [-0.15, -0.1) is 0 Å². The number of aliphatic hydroxyl groups is 1. The number of carbonyl (C=O) groups is 1. The first-order valence-electron chi connectivity index (χ1n) is 11.0.